The summed E-state index contributed by atoms with van der Waals surface area (Å²) in [4.78, 5) is 31.4. The van der Waals surface area contributed by atoms with E-state index in [0.717, 1.165) is 16.2 Å². The Morgan fingerprint density at radius 3 is 2.74 bits per heavy atom. The van der Waals surface area contributed by atoms with Gasteiger partial charge in [-0.2, -0.15) is 5.26 Å². The zero-order chi connectivity index (χ0) is 19.4. The largest absolute Gasteiger partial charge is 0.463 e. The van der Waals surface area contributed by atoms with Gasteiger partial charge in [0.25, 0.3) is 5.56 Å². The van der Waals surface area contributed by atoms with Gasteiger partial charge in [-0.25, -0.2) is 4.98 Å². The number of nitriles is 1. The first-order chi connectivity index (χ1) is 13.0. The van der Waals surface area contributed by atoms with Gasteiger partial charge in [0.15, 0.2) is 10.9 Å². The third kappa shape index (κ3) is 4.48. The number of amides is 1. The molecule has 0 aliphatic heterocycles. The molecule has 136 valence electrons. The first-order valence-electron chi connectivity index (χ1n) is 7.79. The minimum absolute atomic E-state index is 0.138. The van der Waals surface area contributed by atoms with Gasteiger partial charge in [0.05, 0.1) is 11.5 Å². The second-order valence-corrected chi connectivity index (χ2v) is 7.69. The summed E-state index contributed by atoms with van der Waals surface area (Å²) in [6, 6.07) is 12.3. The third-order valence-corrected chi connectivity index (χ3v) is 5.05. The Hall–Kier alpha value is -2.83. The highest BCUT2D eigenvalue weighted by Gasteiger charge is 2.20. The number of anilines is 1. The summed E-state index contributed by atoms with van der Waals surface area (Å²) in [5.41, 5.74) is 0.0886. The molecule has 7 nitrogen and oxygen atoms in total. The molecule has 3 rings (SSSR count). The van der Waals surface area contributed by atoms with Gasteiger partial charge in [0.2, 0.25) is 5.91 Å². The number of thioether (sulfide) groups is 1. The van der Waals surface area contributed by atoms with Crippen LogP contribution >= 0.6 is 27.7 Å². The Morgan fingerprint density at radius 2 is 2.11 bits per heavy atom. The van der Waals surface area contributed by atoms with Gasteiger partial charge >= 0.3 is 0 Å². The molecule has 0 saturated heterocycles. The maximum Gasteiger partial charge on any atom is 0.270 e. The Labute approximate surface area is 166 Å². The predicted octanol–water partition coefficient (Wildman–Crippen LogP) is 3.78. The fourth-order valence-electron chi connectivity index (χ4n) is 2.20. The topological polar surface area (TPSA) is 112 Å². The summed E-state index contributed by atoms with van der Waals surface area (Å²) in [6.07, 6.45) is 1.43. The number of rotatable bonds is 5. The number of aromatic amines is 1. The highest BCUT2D eigenvalue weighted by Crippen LogP contribution is 2.25. The number of halogens is 1. The van der Waals surface area contributed by atoms with Crippen molar-refractivity contribution in [3.63, 3.8) is 0 Å². The number of H-pyrrole nitrogens is 1. The molecule has 2 N–H and O–H groups in total. The molecule has 1 aromatic carbocycles. The average Bonchev–Trinajstić information content (AvgIpc) is 3.17. The number of aromatic nitrogens is 2. The van der Waals surface area contributed by atoms with Crippen LogP contribution in [0.2, 0.25) is 0 Å². The first kappa shape index (κ1) is 18.9. The number of carbonyl (C=O) groups is 1. The summed E-state index contributed by atoms with van der Waals surface area (Å²) in [6.45, 7) is 1.70. The normalized spacial score (nSPS) is 11.6. The van der Waals surface area contributed by atoms with Crippen LogP contribution in [0.3, 0.4) is 0 Å². The van der Waals surface area contributed by atoms with Gasteiger partial charge in [-0.05, 0) is 43.3 Å². The van der Waals surface area contributed by atoms with Crippen molar-refractivity contribution in [2.75, 3.05) is 5.32 Å². The molecule has 0 saturated carbocycles. The Morgan fingerprint density at radius 1 is 1.37 bits per heavy atom. The summed E-state index contributed by atoms with van der Waals surface area (Å²) < 4.78 is 6.16. The van der Waals surface area contributed by atoms with Crippen LogP contribution < -0.4 is 10.9 Å². The number of hydrogen-bond acceptors (Lipinski definition) is 6. The van der Waals surface area contributed by atoms with Crippen LogP contribution in [0.25, 0.3) is 11.5 Å². The monoisotopic (exact) mass is 444 g/mol. The van der Waals surface area contributed by atoms with E-state index in [-0.39, 0.29) is 22.3 Å². The highest BCUT2D eigenvalue weighted by molar-refractivity contribution is 9.10. The van der Waals surface area contributed by atoms with Gasteiger partial charge in [0.1, 0.15) is 17.3 Å². The summed E-state index contributed by atoms with van der Waals surface area (Å²) in [5.74, 6) is 0.0698. The lowest BCUT2D eigenvalue weighted by Crippen LogP contribution is -2.23. The first-order valence-corrected chi connectivity index (χ1v) is 9.46. The zero-order valence-corrected chi connectivity index (χ0v) is 16.4. The molecule has 0 spiro atoms. The van der Waals surface area contributed by atoms with Gasteiger partial charge in [-0.1, -0.05) is 27.7 Å². The van der Waals surface area contributed by atoms with E-state index in [2.05, 4.69) is 31.2 Å². The van der Waals surface area contributed by atoms with E-state index < -0.39 is 10.8 Å². The lowest BCUT2D eigenvalue weighted by Gasteiger charge is -2.12. The quantitative estimate of drug-likeness (QED) is 0.457. The number of carbonyl (C=O) groups excluding carboxylic acids is 1. The van der Waals surface area contributed by atoms with Crippen molar-refractivity contribution in [3.8, 4) is 17.5 Å². The number of nitrogens with one attached hydrogen (secondary N) is 2. The van der Waals surface area contributed by atoms with Crippen LogP contribution in [0.4, 0.5) is 5.69 Å². The lowest BCUT2D eigenvalue weighted by molar-refractivity contribution is -0.115. The van der Waals surface area contributed by atoms with Crippen molar-refractivity contribution in [1.82, 2.24) is 9.97 Å². The van der Waals surface area contributed by atoms with Crippen LogP contribution in [-0.2, 0) is 4.79 Å². The smallest absolute Gasteiger partial charge is 0.270 e. The molecule has 0 radical (unpaired) electrons. The predicted molar refractivity (Wildman–Crippen MR) is 105 cm³/mol. The Balaban J connectivity index is 1.80. The molecule has 1 unspecified atom stereocenters. The van der Waals surface area contributed by atoms with Crippen molar-refractivity contribution in [2.45, 2.75) is 17.3 Å². The molecule has 2 aromatic heterocycles. The number of furan rings is 1. The molecule has 2 heterocycles. The second-order valence-electron chi connectivity index (χ2n) is 5.44. The summed E-state index contributed by atoms with van der Waals surface area (Å²) >= 11 is 4.42. The molecule has 27 heavy (non-hydrogen) atoms. The van der Waals surface area contributed by atoms with Gasteiger partial charge in [-0.15, -0.1) is 0 Å². The van der Waals surface area contributed by atoms with E-state index in [1.807, 2.05) is 18.2 Å². The summed E-state index contributed by atoms with van der Waals surface area (Å²) in [7, 11) is 0. The standard InChI is InChI=1S/C18H13BrN4O3S/c1-10(16(24)21-12-6-4-11(19)5-7-12)27-18-22-15(14-3-2-8-26-14)13(9-20)17(25)23-18/h2-8,10H,1H3,(H,21,24)(H,22,23,25). The minimum Gasteiger partial charge on any atom is -0.463 e. The van der Waals surface area contributed by atoms with Gasteiger partial charge in [-0.3, -0.25) is 9.59 Å². The van der Waals surface area contributed by atoms with E-state index in [4.69, 9.17) is 4.42 Å². The van der Waals surface area contributed by atoms with Crippen LogP contribution in [0, 0.1) is 11.3 Å². The van der Waals surface area contributed by atoms with Crippen LogP contribution in [-0.4, -0.2) is 21.1 Å². The van der Waals surface area contributed by atoms with Gasteiger partial charge in [0, 0.05) is 10.2 Å². The van der Waals surface area contributed by atoms with E-state index in [9.17, 15) is 14.9 Å². The van der Waals surface area contributed by atoms with Crippen LogP contribution in [0.5, 0.6) is 0 Å². The maximum absolute atomic E-state index is 12.4. The van der Waals surface area contributed by atoms with E-state index in [1.165, 1.54) is 6.26 Å². The SMILES string of the molecule is CC(Sc1nc(-c2ccco2)c(C#N)c(=O)[nH]1)C(=O)Nc1ccc(Br)cc1. The van der Waals surface area contributed by atoms with Crippen molar-refractivity contribution < 1.29 is 9.21 Å². The van der Waals surface area contributed by atoms with Crippen molar-refractivity contribution >= 4 is 39.3 Å². The molecule has 1 amide bonds. The fraction of sp³-hybridized carbons (Fsp3) is 0.111. The maximum atomic E-state index is 12.4. The van der Waals surface area contributed by atoms with Gasteiger partial charge < -0.3 is 14.7 Å². The minimum atomic E-state index is -0.582. The molecule has 0 aliphatic rings. The number of nitrogens with zero attached hydrogens (tertiary/aromatic N) is 2. The van der Waals surface area contributed by atoms with Crippen molar-refractivity contribution in [2.24, 2.45) is 0 Å². The Bertz CT molecular complexity index is 1060. The Kier molecular flexibility index (Phi) is 5.78. The zero-order valence-electron chi connectivity index (χ0n) is 14.0. The number of benzene rings is 1. The molecule has 0 fully saturated rings. The molecule has 9 heteroatoms. The summed E-state index contributed by atoms with van der Waals surface area (Å²) in [5, 5.41) is 11.7. The lowest BCUT2D eigenvalue weighted by atomic mass is 10.2. The van der Waals surface area contributed by atoms with Crippen LogP contribution in [0.1, 0.15) is 12.5 Å². The second kappa shape index (κ2) is 8.24. The van der Waals surface area contributed by atoms with Crippen molar-refractivity contribution in [1.29, 1.82) is 5.26 Å². The average molecular weight is 445 g/mol. The van der Waals surface area contributed by atoms with E-state index in [1.54, 1.807) is 31.2 Å². The molecular weight excluding hydrogens is 432 g/mol. The van der Waals surface area contributed by atoms with Crippen LogP contribution in [0.15, 0.2) is 61.5 Å². The van der Waals surface area contributed by atoms with Crippen molar-refractivity contribution in [3.05, 3.63) is 63.1 Å². The molecule has 0 aliphatic carbocycles. The highest BCUT2D eigenvalue weighted by atomic mass is 79.9. The third-order valence-electron chi connectivity index (χ3n) is 3.53. The molecule has 0 bridgehead atoms. The number of hydrogen-bond donors (Lipinski definition) is 2. The van der Waals surface area contributed by atoms with E-state index in [0.29, 0.717) is 11.4 Å². The molecule has 1 atom stereocenters. The molecule has 3 aromatic rings. The molecular formula is C18H13BrN4O3S. The van der Waals surface area contributed by atoms with E-state index >= 15 is 0 Å². The fourth-order valence-corrected chi connectivity index (χ4v) is 3.26.